The lowest BCUT2D eigenvalue weighted by atomic mass is 10.3. The minimum atomic E-state index is -0.989. The van der Waals surface area contributed by atoms with Crippen LogP contribution in [0.1, 0.15) is 29.5 Å². The van der Waals surface area contributed by atoms with Gasteiger partial charge in [0.05, 0.1) is 6.26 Å². The van der Waals surface area contributed by atoms with Crippen LogP contribution in [0.4, 0.5) is 0 Å². The van der Waals surface area contributed by atoms with Gasteiger partial charge in [0.1, 0.15) is 0 Å². The van der Waals surface area contributed by atoms with E-state index in [9.17, 15) is 4.79 Å². The Balaban J connectivity index is 2.55. The van der Waals surface area contributed by atoms with Crippen LogP contribution >= 0.6 is 11.8 Å². The van der Waals surface area contributed by atoms with Gasteiger partial charge < -0.3 is 9.52 Å². The molecule has 1 aromatic heterocycles. The maximum atomic E-state index is 10.6. The number of furan rings is 1. The second-order valence-electron chi connectivity index (χ2n) is 2.63. The van der Waals surface area contributed by atoms with Crippen LogP contribution in [0.15, 0.2) is 16.7 Å². The molecule has 0 bridgehead atoms. The van der Waals surface area contributed by atoms with Crippen LogP contribution in [0, 0.1) is 0 Å². The number of aromatic carboxylic acids is 1. The van der Waals surface area contributed by atoms with E-state index in [1.165, 1.54) is 6.26 Å². The monoisotopic (exact) mass is 200 g/mol. The van der Waals surface area contributed by atoms with E-state index in [2.05, 4.69) is 6.92 Å². The van der Waals surface area contributed by atoms with Crippen molar-refractivity contribution in [1.29, 1.82) is 0 Å². The lowest BCUT2D eigenvalue weighted by molar-refractivity contribution is 0.0661. The number of hydrogen-bond donors (Lipinski definition) is 1. The van der Waals surface area contributed by atoms with Gasteiger partial charge in [0, 0.05) is 11.3 Å². The molecule has 0 aromatic carbocycles. The molecule has 0 saturated carbocycles. The van der Waals surface area contributed by atoms with E-state index in [0.29, 0.717) is 5.75 Å². The first-order valence-electron chi connectivity index (χ1n) is 4.13. The van der Waals surface area contributed by atoms with Crippen molar-refractivity contribution in [3.05, 3.63) is 23.7 Å². The molecule has 1 heterocycles. The first kappa shape index (κ1) is 10.2. The average molecular weight is 200 g/mol. The van der Waals surface area contributed by atoms with Crippen molar-refractivity contribution in [2.75, 3.05) is 5.75 Å². The van der Waals surface area contributed by atoms with Gasteiger partial charge in [-0.05, 0) is 18.2 Å². The highest BCUT2D eigenvalue weighted by Gasteiger charge is 2.12. The largest absolute Gasteiger partial charge is 0.475 e. The maximum Gasteiger partial charge on any atom is 0.372 e. The molecule has 0 radical (unpaired) electrons. The number of carbonyl (C=O) groups is 1. The Bertz CT molecular complexity index is 280. The summed E-state index contributed by atoms with van der Waals surface area (Å²) >= 11 is 1.72. The molecule has 0 fully saturated rings. The van der Waals surface area contributed by atoms with Crippen LogP contribution < -0.4 is 0 Å². The number of rotatable bonds is 5. The van der Waals surface area contributed by atoms with Crippen LogP contribution in [0.5, 0.6) is 0 Å². The SMILES string of the molecule is CCCSCc1ccoc1C(=O)O. The fraction of sp³-hybridized carbons (Fsp3) is 0.444. The number of carboxylic acids is 1. The molecule has 1 aromatic rings. The summed E-state index contributed by atoms with van der Waals surface area (Å²) in [4.78, 5) is 10.6. The number of thioether (sulfide) groups is 1. The zero-order valence-corrected chi connectivity index (χ0v) is 8.26. The molecule has 0 saturated heterocycles. The summed E-state index contributed by atoms with van der Waals surface area (Å²) in [5.41, 5.74) is 0.769. The Morgan fingerprint density at radius 1 is 1.69 bits per heavy atom. The van der Waals surface area contributed by atoms with Crippen LogP contribution in [-0.2, 0) is 5.75 Å². The standard InChI is InChI=1S/C9H12O3S/c1-2-5-13-6-7-3-4-12-8(7)9(10)11/h3-4H,2,5-6H2,1H3,(H,10,11). The van der Waals surface area contributed by atoms with Crippen molar-refractivity contribution >= 4 is 17.7 Å². The van der Waals surface area contributed by atoms with Crippen molar-refractivity contribution in [2.45, 2.75) is 19.1 Å². The fourth-order valence-electron chi connectivity index (χ4n) is 0.963. The highest BCUT2D eigenvalue weighted by Crippen LogP contribution is 2.18. The van der Waals surface area contributed by atoms with Crippen molar-refractivity contribution in [3.8, 4) is 0 Å². The second kappa shape index (κ2) is 4.97. The van der Waals surface area contributed by atoms with Crippen LogP contribution in [0.3, 0.4) is 0 Å². The molecule has 0 aliphatic carbocycles. The lowest BCUT2D eigenvalue weighted by Gasteiger charge is -1.97. The summed E-state index contributed by atoms with van der Waals surface area (Å²) in [7, 11) is 0. The van der Waals surface area contributed by atoms with Gasteiger partial charge in [-0.25, -0.2) is 4.79 Å². The van der Waals surface area contributed by atoms with Crippen LogP contribution in [0.2, 0.25) is 0 Å². The highest BCUT2D eigenvalue weighted by atomic mass is 32.2. The molecule has 4 heteroatoms. The van der Waals surface area contributed by atoms with E-state index in [1.807, 2.05) is 0 Å². The van der Waals surface area contributed by atoms with Gasteiger partial charge in [-0.3, -0.25) is 0 Å². The van der Waals surface area contributed by atoms with E-state index < -0.39 is 5.97 Å². The predicted octanol–water partition coefficient (Wildman–Crippen LogP) is 2.62. The molecule has 0 amide bonds. The lowest BCUT2D eigenvalue weighted by Crippen LogP contribution is -1.97. The van der Waals surface area contributed by atoms with Gasteiger partial charge in [0.25, 0.3) is 0 Å². The molecule has 13 heavy (non-hydrogen) atoms. The zero-order valence-electron chi connectivity index (χ0n) is 7.45. The first-order valence-corrected chi connectivity index (χ1v) is 5.28. The number of carboxylic acid groups (broad SMARTS) is 1. The molecule has 3 nitrogen and oxygen atoms in total. The van der Waals surface area contributed by atoms with Crippen LogP contribution in [0.25, 0.3) is 0 Å². The molecule has 0 aliphatic rings. The predicted molar refractivity (Wildman–Crippen MR) is 52.1 cm³/mol. The highest BCUT2D eigenvalue weighted by molar-refractivity contribution is 7.98. The summed E-state index contributed by atoms with van der Waals surface area (Å²) in [5.74, 6) is 0.844. The van der Waals surface area contributed by atoms with Crippen molar-refractivity contribution in [1.82, 2.24) is 0 Å². The van der Waals surface area contributed by atoms with Gasteiger partial charge in [0.2, 0.25) is 5.76 Å². The Morgan fingerprint density at radius 3 is 3.08 bits per heavy atom. The van der Waals surface area contributed by atoms with Gasteiger partial charge in [0.15, 0.2) is 0 Å². The third-order valence-electron chi connectivity index (χ3n) is 1.55. The minimum Gasteiger partial charge on any atom is -0.475 e. The van der Waals surface area contributed by atoms with Gasteiger partial charge in [-0.15, -0.1) is 0 Å². The number of hydrogen-bond acceptors (Lipinski definition) is 3. The second-order valence-corrected chi connectivity index (χ2v) is 3.74. The molecule has 1 rings (SSSR count). The Kier molecular flexibility index (Phi) is 3.89. The van der Waals surface area contributed by atoms with Crippen molar-refractivity contribution in [2.24, 2.45) is 0 Å². The summed E-state index contributed by atoms with van der Waals surface area (Å²) in [6, 6.07) is 1.71. The molecule has 0 aliphatic heterocycles. The van der Waals surface area contributed by atoms with E-state index in [-0.39, 0.29) is 5.76 Å². The minimum absolute atomic E-state index is 0.0728. The molecule has 0 spiro atoms. The van der Waals surface area contributed by atoms with Gasteiger partial charge in [-0.1, -0.05) is 6.92 Å². The Labute approximate surface area is 81.1 Å². The summed E-state index contributed by atoms with van der Waals surface area (Å²) < 4.78 is 4.84. The van der Waals surface area contributed by atoms with Gasteiger partial charge in [-0.2, -0.15) is 11.8 Å². The molecular formula is C9H12O3S. The van der Waals surface area contributed by atoms with Crippen molar-refractivity contribution < 1.29 is 14.3 Å². The van der Waals surface area contributed by atoms with E-state index in [1.54, 1.807) is 17.8 Å². The van der Waals surface area contributed by atoms with E-state index >= 15 is 0 Å². The summed E-state index contributed by atoms with van der Waals surface area (Å²) in [5, 5.41) is 8.71. The summed E-state index contributed by atoms with van der Waals surface area (Å²) in [6.45, 7) is 2.10. The normalized spacial score (nSPS) is 10.2. The molecule has 1 N–H and O–H groups in total. The molecule has 0 atom stereocenters. The quantitative estimate of drug-likeness (QED) is 0.742. The molecule has 72 valence electrons. The third-order valence-corrected chi connectivity index (χ3v) is 2.76. The average Bonchev–Trinajstić information content (AvgIpc) is 2.53. The summed E-state index contributed by atoms with van der Waals surface area (Å²) in [6.07, 6.45) is 2.52. The first-order chi connectivity index (χ1) is 6.25. The smallest absolute Gasteiger partial charge is 0.372 e. The molecular weight excluding hydrogens is 188 g/mol. The maximum absolute atomic E-state index is 10.6. The van der Waals surface area contributed by atoms with E-state index in [4.69, 9.17) is 9.52 Å². The van der Waals surface area contributed by atoms with Crippen molar-refractivity contribution in [3.63, 3.8) is 0 Å². The molecule has 0 unspecified atom stereocenters. The Hall–Kier alpha value is -0.900. The topological polar surface area (TPSA) is 50.4 Å². The zero-order chi connectivity index (χ0) is 9.68. The third kappa shape index (κ3) is 2.81. The van der Waals surface area contributed by atoms with Crippen LogP contribution in [-0.4, -0.2) is 16.8 Å². The van der Waals surface area contributed by atoms with E-state index in [0.717, 1.165) is 17.7 Å². The fourth-order valence-corrected chi connectivity index (χ4v) is 1.84. The Morgan fingerprint density at radius 2 is 2.46 bits per heavy atom. The van der Waals surface area contributed by atoms with Gasteiger partial charge >= 0.3 is 5.97 Å².